The van der Waals surface area contributed by atoms with Crippen molar-refractivity contribution in [2.45, 2.75) is 30.9 Å². The third-order valence-corrected chi connectivity index (χ3v) is 4.90. The van der Waals surface area contributed by atoms with Crippen molar-refractivity contribution in [2.24, 2.45) is 11.1 Å². The minimum Gasteiger partial charge on any atom is -0.469 e. The Hall–Kier alpha value is -3.03. The van der Waals surface area contributed by atoms with Gasteiger partial charge in [0.15, 0.2) is 0 Å². The van der Waals surface area contributed by atoms with E-state index in [0.29, 0.717) is 6.42 Å². The van der Waals surface area contributed by atoms with Gasteiger partial charge in [-0.3, -0.25) is 9.59 Å². The van der Waals surface area contributed by atoms with E-state index in [1.807, 2.05) is 0 Å². The molecular weight excluding hydrogens is 370 g/mol. The first-order valence-corrected chi connectivity index (χ1v) is 8.65. The van der Waals surface area contributed by atoms with Gasteiger partial charge in [0.05, 0.1) is 24.3 Å². The molecule has 0 saturated heterocycles. The van der Waals surface area contributed by atoms with Gasteiger partial charge in [0.2, 0.25) is 5.60 Å². The number of ether oxygens (including phenoxy) is 1. The quantitative estimate of drug-likeness (QED) is 0.618. The highest BCUT2D eigenvalue weighted by molar-refractivity contribution is 6.06. The summed E-state index contributed by atoms with van der Waals surface area (Å²) in [6.07, 6.45) is 5.00. The molecule has 1 N–H and O–H groups in total. The Bertz CT molecular complexity index is 884. The van der Waals surface area contributed by atoms with Gasteiger partial charge in [-0.2, -0.15) is 0 Å². The summed E-state index contributed by atoms with van der Waals surface area (Å²) in [5, 5.41) is 6.69. The fraction of sp³-hybridized carbons (Fsp3) is 0.350. The van der Waals surface area contributed by atoms with Crippen LogP contribution in [0.25, 0.3) is 0 Å². The molecule has 8 heteroatoms. The van der Waals surface area contributed by atoms with Crippen LogP contribution in [0, 0.1) is 17.6 Å². The molecule has 6 nitrogen and oxygen atoms in total. The van der Waals surface area contributed by atoms with E-state index in [9.17, 15) is 18.4 Å². The smallest absolute Gasteiger partial charge is 0.312 e. The lowest BCUT2D eigenvalue weighted by Gasteiger charge is -2.30. The number of amides is 1. The molecule has 1 aliphatic carbocycles. The van der Waals surface area contributed by atoms with E-state index in [1.54, 1.807) is 19.1 Å². The van der Waals surface area contributed by atoms with Crippen molar-refractivity contribution >= 4 is 17.6 Å². The van der Waals surface area contributed by atoms with E-state index in [1.165, 1.54) is 13.2 Å². The van der Waals surface area contributed by atoms with E-state index in [2.05, 4.69) is 17.1 Å². The molecule has 3 atom stereocenters. The Balaban J connectivity index is 0.00000300. The number of hydrogen-bond donors (Lipinski definition) is 1. The van der Waals surface area contributed by atoms with Gasteiger partial charge in [-0.15, -0.1) is 0 Å². The molecule has 0 spiro atoms. The van der Waals surface area contributed by atoms with Gasteiger partial charge in [-0.25, -0.2) is 8.78 Å². The van der Waals surface area contributed by atoms with Crippen LogP contribution in [-0.2, 0) is 19.2 Å². The number of hydrogen-bond acceptors (Lipinski definition) is 5. The van der Waals surface area contributed by atoms with E-state index < -0.39 is 34.6 Å². The van der Waals surface area contributed by atoms with Gasteiger partial charge in [-0.1, -0.05) is 23.9 Å². The normalized spacial score (nSPS) is 28.4. The molecule has 0 saturated carbocycles. The maximum absolute atomic E-state index is 13.5. The van der Waals surface area contributed by atoms with Crippen LogP contribution in [0.2, 0.25) is 0 Å². The topological polar surface area (TPSA) is 77.0 Å². The van der Waals surface area contributed by atoms with E-state index in [0.717, 1.165) is 18.2 Å². The average Bonchev–Trinajstić information content (AvgIpc) is 3.25. The number of nitrogens with zero attached hydrogens (tertiary/aromatic N) is 1. The maximum Gasteiger partial charge on any atom is 0.312 e. The summed E-state index contributed by atoms with van der Waals surface area (Å²) in [5.41, 5.74) is -1.89. The van der Waals surface area contributed by atoms with Gasteiger partial charge >= 0.3 is 5.97 Å². The van der Waals surface area contributed by atoms with Crippen molar-refractivity contribution < 1.29 is 29.4 Å². The Morgan fingerprint density at radius 1 is 1.39 bits per heavy atom. The predicted molar refractivity (Wildman–Crippen MR) is 99.4 cm³/mol. The molecule has 28 heavy (non-hydrogen) atoms. The molecule has 0 radical (unpaired) electrons. The van der Waals surface area contributed by atoms with Crippen molar-refractivity contribution in [3.8, 4) is 0 Å². The summed E-state index contributed by atoms with van der Waals surface area (Å²) in [6, 6.07) is 2.98. The van der Waals surface area contributed by atoms with Crippen LogP contribution in [0.15, 0.2) is 48.2 Å². The first-order valence-electron chi connectivity index (χ1n) is 8.65. The molecule has 0 aromatic heterocycles. The van der Waals surface area contributed by atoms with E-state index in [-0.39, 0.29) is 25.1 Å². The molecule has 0 bridgehead atoms. The number of halogens is 2. The summed E-state index contributed by atoms with van der Waals surface area (Å²) in [6.45, 7) is 5.42. The summed E-state index contributed by atoms with van der Waals surface area (Å²) < 4.78 is 31.7. The van der Waals surface area contributed by atoms with Crippen LogP contribution in [0.1, 0.15) is 26.8 Å². The third kappa shape index (κ3) is 3.67. The molecule has 3 rings (SSSR count). The molecule has 1 aromatic carbocycles. The summed E-state index contributed by atoms with van der Waals surface area (Å²) in [5.74, 6) is -2.87. The highest BCUT2D eigenvalue weighted by atomic mass is 19.1. The minimum atomic E-state index is -1.52. The lowest BCUT2D eigenvalue weighted by atomic mass is 9.90. The number of methoxy groups -OCH3 is 1. The van der Waals surface area contributed by atoms with Crippen LogP contribution in [0.5, 0.6) is 0 Å². The fourth-order valence-electron chi connectivity index (χ4n) is 3.34. The zero-order valence-corrected chi connectivity index (χ0v) is 15.5. The van der Waals surface area contributed by atoms with Gasteiger partial charge < -0.3 is 14.9 Å². The number of nitrogens with one attached hydrogen (secondary N) is 1. The first-order chi connectivity index (χ1) is 13.2. The predicted octanol–water partition coefficient (Wildman–Crippen LogP) is 2.88. The van der Waals surface area contributed by atoms with E-state index >= 15 is 0 Å². The van der Waals surface area contributed by atoms with Gasteiger partial charge in [-0.05, 0) is 31.6 Å². The summed E-state index contributed by atoms with van der Waals surface area (Å²) in [4.78, 5) is 30.0. The molecule has 1 aliphatic heterocycles. The minimum absolute atomic E-state index is 0. The number of carbonyl (C=O) groups is 2. The van der Waals surface area contributed by atoms with Crippen molar-refractivity contribution in [3.05, 3.63) is 60.2 Å². The fourth-order valence-corrected chi connectivity index (χ4v) is 3.34. The average molecular weight is 392 g/mol. The van der Waals surface area contributed by atoms with Crippen molar-refractivity contribution in [1.29, 1.82) is 0 Å². The molecule has 1 amide bonds. The summed E-state index contributed by atoms with van der Waals surface area (Å²) in [7, 11) is 1.30. The summed E-state index contributed by atoms with van der Waals surface area (Å²) >= 11 is 0. The van der Waals surface area contributed by atoms with Crippen molar-refractivity contribution in [3.63, 3.8) is 0 Å². The second-order valence-corrected chi connectivity index (χ2v) is 7.12. The Labute approximate surface area is 162 Å². The number of esters is 1. The second-order valence-electron chi connectivity index (χ2n) is 7.12. The Kier molecular flexibility index (Phi) is 5.06. The molecule has 1 heterocycles. The second kappa shape index (κ2) is 7.18. The molecule has 0 fully saturated rings. The van der Waals surface area contributed by atoms with E-state index in [4.69, 9.17) is 9.57 Å². The highest BCUT2D eigenvalue weighted by Crippen LogP contribution is 2.33. The number of benzene rings is 1. The molecular formula is C20H22F2N2O4. The first kappa shape index (κ1) is 19.7. The number of rotatable bonds is 5. The van der Waals surface area contributed by atoms with Gasteiger partial charge in [0.25, 0.3) is 5.91 Å². The maximum atomic E-state index is 13.5. The number of oxime groups is 1. The lowest BCUT2D eigenvalue weighted by molar-refractivity contribution is -0.145. The standard InChI is InChI=1S/C20H20F2N2O4.H2/c1-4-20(11-16(24-28-20)13-7-14(21)9-15(22)8-13)18(26)23-19(2)6-5-12(10-19)17(25)27-3;/h4-9,12H,1,10-11H2,2-3H3,(H,23,26);1H/t12?,19-,20-;/m1./s1. The zero-order chi connectivity index (χ0) is 20.5. The van der Waals surface area contributed by atoms with Crippen LogP contribution < -0.4 is 5.32 Å². The van der Waals surface area contributed by atoms with Crippen molar-refractivity contribution in [2.75, 3.05) is 7.11 Å². The number of carbonyl (C=O) groups excluding carboxylic acids is 2. The Morgan fingerprint density at radius 3 is 2.68 bits per heavy atom. The van der Waals surface area contributed by atoms with Crippen LogP contribution in [0.3, 0.4) is 0 Å². The monoisotopic (exact) mass is 392 g/mol. The Morgan fingerprint density at radius 2 is 2.07 bits per heavy atom. The van der Waals surface area contributed by atoms with Crippen LogP contribution >= 0.6 is 0 Å². The van der Waals surface area contributed by atoms with Crippen LogP contribution in [0.4, 0.5) is 8.78 Å². The van der Waals surface area contributed by atoms with Gasteiger partial charge in [0.1, 0.15) is 11.6 Å². The lowest BCUT2D eigenvalue weighted by Crippen LogP contribution is -2.53. The SMILES string of the molecule is C=C[C@]1(C(=O)N[C@]2(C)C=CC(C(=O)OC)C2)CC(c2cc(F)cc(F)c2)=NO1.[HH]. The van der Waals surface area contributed by atoms with Crippen LogP contribution in [-0.4, -0.2) is 35.8 Å². The highest BCUT2D eigenvalue weighted by Gasteiger charge is 2.47. The van der Waals surface area contributed by atoms with Crippen molar-refractivity contribution in [1.82, 2.24) is 5.32 Å². The molecule has 1 aromatic rings. The zero-order valence-electron chi connectivity index (χ0n) is 15.5. The molecule has 1 unspecified atom stereocenters. The third-order valence-electron chi connectivity index (χ3n) is 4.90. The molecule has 150 valence electrons. The molecule has 2 aliphatic rings. The largest absolute Gasteiger partial charge is 0.469 e. The van der Waals surface area contributed by atoms with Gasteiger partial charge in [0, 0.05) is 19.5 Å².